The van der Waals surface area contributed by atoms with Crippen molar-refractivity contribution in [3.05, 3.63) is 53.6 Å². The third kappa shape index (κ3) is 6.21. The van der Waals surface area contributed by atoms with Crippen LogP contribution in [0.5, 0.6) is 5.75 Å². The van der Waals surface area contributed by atoms with Crippen molar-refractivity contribution >= 4 is 15.7 Å². The molecule has 0 bridgehead atoms. The summed E-state index contributed by atoms with van der Waals surface area (Å²) in [6.45, 7) is 13.2. The fourth-order valence-corrected chi connectivity index (χ4v) is 5.39. The zero-order valence-electron chi connectivity index (χ0n) is 19.0. The van der Waals surface area contributed by atoms with E-state index < -0.39 is 10.0 Å². The Hall–Kier alpha value is -2.09. The van der Waals surface area contributed by atoms with E-state index in [9.17, 15) is 8.42 Å². The minimum Gasteiger partial charge on any atom is -0.492 e. The number of ether oxygens (including phenoxy) is 2. The summed E-state index contributed by atoms with van der Waals surface area (Å²) in [6.07, 6.45) is 0. The molecule has 0 radical (unpaired) electrons. The van der Waals surface area contributed by atoms with Crippen molar-refractivity contribution in [1.82, 2.24) is 4.90 Å². The lowest BCUT2D eigenvalue weighted by Gasteiger charge is -2.28. The summed E-state index contributed by atoms with van der Waals surface area (Å²) >= 11 is 0. The number of morpholine rings is 1. The zero-order valence-corrected chi connectivity index (χ0v) is 19.8. The highest BCUT2D eigenvalue weighted by atomic mass is 32.2. The van der Waals surface area contributed by atoms with Crippen molar-refractivity contribution in [2.45, 2.75) is 32.6 Å². The van der Waals surface area contributed by atoms with Crippen LogP contribution in [0.2, 0.25) is 0 Å². The maximum Gasteiger partial charge on any atom is 0.264 e. The number of rotatable bonds is 9. The predicted molar refractivity (Wildman–Crippen MR) is 124 cm³/mol. The van der Waals surface area contributed by atoms with Gasteiger partial charge in [-0.15, -0.1) is 0 Å². The number of hydrogen-bond donors (Lipinski definition) is 0. The van der Waals surface area contributed by atoms with Crippen LogP contribution in [-0.2, 0) is 14.8 Å². The molecular weight excluding hydrogens is 412 g/mol. The van der Waals surface area contributed by atoms with Gasteiger partial charge in [0, 0.05) is 26.2 Å². The Bertz CT molecular complexity index is 952. The van der Waals surface area contributed by atoms with Gasteiger partial charge < -0.3 is 9.47 Å². The van der Waals surface area contributed by atoms with Crippen molar-refractivity contribution in [3.63, 3.8) is 0 Å². The van der Waals surface area contributed by atoms with Gasteiger partial charge >= 0.3 is 0 Å². The van der Waals surface area contributed by atoms with Crippen molar-refractivity contribution in [2.75, 3.05) is 50.3 Å². The Morgan fingerprint density at radius 2 is 1.74 bits per heavy atom. The van der Waals surface area contributed by atoms with Crippen LogP contribution < -0.4 is 9.04 Å². The van der Waals surface area contributed by atoms with Crippen LogP contribution in [0.25, 0.3) is 0 Å². The number of benzene rings is 2. The smallest absolute Gasteiger partial charge is 0.264 e. The highest BCUT2D eigenvalue weighted by Crippen LogP contribution is 2.29. The fraction of sp³-hybridized carbons (Fsp3) is 0.500. The molecule has 1 heterocycles. The van der Waals surface area contributed by atoms with Crippen LogP contribution >= 0.6 is 0 Å². The van der Waals surface area contributed by atoms with Gasteiger partial charge in [0.15, 0.2) is 0 Å². The standard InChI is InChI=1S/C24H34N2O4S/c1-19(2)18-26(24-10-5-20(3)17-21(24)4)31(27,28)23-8-6-22(7-9-23)30-16-13-25-11-14-29-15-12-25/h5-10,17,19H,11-16,18H2,1-4H3. The normalized spacial score (nSPS) is 15.3. The number of nitrogens with zero attached hydrogens (tertiary/aromatic N) is 2. The van der Waals surface area contributed by atoms with Gasteiger partial charge in [-0.05, 0) is 55.7 Å². The monoisotopic (exact) mass is 446 g/mol. The van der Waals surface area contributed by atoms with Crippen molar-refractivity contribution in [2.24, 2.45) is 5.92 Å². The molecule has 1 aliphatic heterocycles. The molecule has 0 N–H and O–H groups in total. The van der Waals surface area contributed by atoms with E-state index in [1.165, 1.54) is 4.31 Å². The molecule has 1 fully saturated rings. The molecule has 0 aromatic heterocycles. The van der Waals surface area contributed by atoms with Gasteiger partial charge in [0.2, 0.25) is 0 Å². The van der Waals surface area contributed by atoms with Gasteiger partial charge in [0.1, 0.15) is 12.4 Å². The lowest BCUT2D eigenvalue weighted by molar-refractivity contribution is 0.0322. The van der Waals surface area contributed by atoms with Gasteiger partial charge in [-0.2, -0.15) is 0 Å². The SMILES string of the molecule is Cc1ccc(N(CC(C)C)S(=O)(=O)c2ccc(OCCN3CCOCC3)cc2)c(C)c1. The largest absolute Gasteiger partial charge is 0.492 e. The Kier molecular flexibility index (Phi) is 7.97. The van der Waals surface area contributed by atoms with E-state index in [2.05, 4.69) is 4.90 Å². The first-order chi connectivity index (χ1) is 14.8. The van der Waals surface area contributed by atoms with E-state index >= 15 is 0 Å². The van der Waals surface area contributed by atoms with Crippen LogP contribution in [0.15, 0.2) is 47.4 Å². The van der Waals surface area contributed by atoms with Gasteiger partial charge in [-0.1, -0.05) is 31.5 Å². The topological polar surface area (TPSA) is 59.1 Å². The van der Waals surface area contributed by atoms with Gasteiger partial charge in [0.05, 0.1) is 23.8 Å². The van der Waals surface area contributed by atoms with E-state index in [0.717, 1.165) is 49.7 Å². The molecule has 0 saturated carbocycles. The molecular formula is C24H34N2O4S. The van der Waals surface area contributed by atoms with Crippen molar-refractivity contribution in [3.8, 4) is 5.75 Å². The third-order valence-corrected chi connectivity index (χ3v) is 7.14. The van der Waals surface area contributed by atoms with E-state index in [4.69, 9.17) is 9.47 Å². The third-order valence-electron chi connectivity index (χ3n) is 5.34. The second kappa shape index (κ2) is 10.5. The molecule has 170 valence electrons. The van der Waals surface area contributed by atoms with Crippen molar-refractivity contribution < 1.29 is 17.9 Å². The minimum absolute atomic E-state index is 0.193. The van der Waals surface area contributed by atoms with Crippen LogP contribution in [0.3, 0.4) is 0 Å². The maximum absolute atomic E-state index is 13.5. The Morgan fingerprint density at radius 1 is 1.06 bits per heavy atom. The van der Waals surface area contributed by atoms with E-state index in [0.29, 0.717) is 18.9 Å². The summed E-state index contributed by atoms with van der Waals surface area (Å²) in [7, 11) is -3.68. The lowest BCUT2D eigenvalue weighted by atomic mass is 10.1. The van der Waals surface area contributed by atoms with Crippen LogP contribution in [0, 0.1) is 19.8 Å². The van der Waals surface area contributed by atoms with Crippen LogP contribution in [-0.4, -0.2) is 59.3 Å². The van der Waals surface area contributed by atoms with Crippen LogP contribution in [0.4, 0.5) is 5.69 Å². The summed E-state index contributed by atoms with van der Waals surface area (Å²) in [5.74, 6) is 0.868. The molecule has 1 aliphatic rings. The summed E-state index contributed by atoms with van der Waals surface area (Å²) in [5, 5.41) is 0. The number of anilines is 1. The second-order valence-electron chi connectivity index (χ2n) is 8.49. The maximum atomic E-state index is 13.5. The molecule has 2 aromatic carbocycles. The molecule has 7 heteroatoms. The molecule has 0 unspecified atom stereocenters. The highest BCUT2D eigenvalue weighted by molar-refractivity contribution is 7.92. The predicted octanol–water partition coefficient (Wildman–Crippen LogP) is 3.87. The van der Waals surface area contributed by atoms with E-state index in [1.807, 2.05) is 45.9 Å². The first-order valence-corrected chi connectivity index (χ1v) is 12.3. The van der Waals surface area contributed by atoms with E-state index in [1.54, 1.807) is 24.3 Å². The van der Waals surface area contributed by atoms with Gasteiger partial charge in [0.25, 0.3) is 10.0 Å². The fourth-order valence-electron chi connectivity index (χ4n) is 3.70. The van der Waals surface area contributed by atoms with Gasteiger partial charge in [-0.3, -0.25) is 9.21 Å². The summed E-state index contributed by atoms with van der Waals surface area (Å²) in [6, 6.07) is 12.6. The van der Waals surface area contributed by atoms with Gasteiger partial charge in [-0.25, -0.2) is 8.42 Å². The quantitative estimate of drug-likeness (QED) is 0.585. The molecule has 2 aromatic rings. The van der Waals surface area contributed by atoms with Crippen LogP contribution in [0.1, 0.15) is 25.0 Å². The lowest BCUT2D eigenvalue weighted by Crippen LogP contribution is -2.38. The Balaban J connectivity index is 1.73. The second-order valence-corrected chi connectivity index (χ2v) is 10.4. The minimum atomic E-state index is -3.68. The molecule has 0 amide bonds. The number of hydrogen-bond acceptors (Lipinski definition) is 5. The Labute approximate surface area is 186 Å². The summed E-state index contributed by atoms with van der Waals surface area (Å²) in [5.41, 5.74) is 2.79. The molecule has 6 nitrogen and oxygen atoms in total. The molecule has 0 atom stereocenters. The molecule has 1 saturated heterocycles. The molecule has 0 aliphatic carbocycles. The van der Waals surface area contributed by atoms with E-state index in [-0.39, 0.29) is 10.8 Å². The first kappa shape index (κ1) is 23.6. The average Bonchev–Trinajstić information content (AvgIpc) is 2.73. The van der Waals surface area contributed by atoms with Crippen molar-refractivity contribution in [1.29, 1.82) is 0 Å². The summed E-state index contributed by atoms with van der Waals surface area (Å²) in [4.78, 5) is 2.57. The number of aryl methyl sites for hydroxylation is 2. The molecule has 0 spiro atoms. The summed E-state index contributed by atoms with van der Waals surface area (Å²) < 4.78 is 39.7. The molecule has 3 rings (SSSR count). The Morgan fingerprint density at radius 3 is 2.35 bits per heavy atom. The average molecular weight is 447 g/mol. The zero-order chi connectivity index (χ0) is 22.4. The first-order valence-electron chi connectivity index (χ1n) is 10.9. The highest BCUT2D eigenvalue weighted by Gasteiger charge is 2.27. The molecule has 31 heavy (non-hydrogen) atoms. The number of sulfonamides is 1.